The molecule has 0 aliphatic carbocycles. The van der Waals surface area contributed by atoms with Crippen LogP contribution in [0.1, 0.15) is 77.6 Å². The summed E-state index contributed by atoms with van der Waals surface area (Å²) in [5.74, 6) is 0. The van der Waals surface area contributed by atoms with E-state index in [-0.39, 0.29) is 13.2 Å². The minimum atomic E-state index is -0.972. The topological polar surface area (TPSA) is 79.2 Å². The molecule has 1 saturated heterocycles. The van der Waals surface area contributed by atoms with Crippen molar-refractivity contribution in [2.75, 3.05) is 19.8 Å². The van der Waals surface area contributed by atoms with Crippen molar-refractivity contribution in [1.82, 2.24) is 0 Å². The molecule has 5 heteroatoms. The number of hydrogen-bond acceptors (Lipinski definition) is 5. The fourth-order valence-corrected chi connectivity index (χ4v) is 3.25. The number of rotatable bonds is 15. The summed E-state index contributed by atoms with van der Waals surface area (Å²) in [5.41, 5.74) is 0. The third-order valence-corrected chi connectivity index (χ3v) is 4.97. The predicted molar refractivity (Wildman–Crippen MR) is 104 cm³/mol. The molecular formula is C21H40O5. The van der Waals surface area contributed by atoms with Crippen LogP contribution < -0.4 is 0 Å². The van der Waals surface area contributed by atoms with E-state index in [1.807, 2.05) is 0 Å². The Bertz CT molecular complexity index is 347. The molecule has 0 aromatic rings. The van der Waals surface area contributed by atoms with E-state index < -0.39 is 24.4 Å². The lowest BCUT2D eigenvalue weighted by atomic mass is 10.0. The Labute approximate surface area is 159 Å². The normalized spacial score (nSPS) is 26.6. The van der Waals surface area contributed by atoms with Gasteiger partial charge in [0.2, 0.25) is 0 Å². The van der Waals surface area contributed by atoms with Crippen molar-refractivity contribution >= 4 is 0 Å². The molecule has 0 bridgehead atoms. The predicted octanol–water partition coefficient (Wildman–Crippen LogP) is 3.35. The first-order valence-electron chi connectivity index (χ1n) is 10.6. The van der Waals surface area contributed by atoms with Gasteiger partial charge in [0.1, 0.15) is 24.4 Å². The summed E-state index contributed by atoms with van der Waals surface area (Å²) in [4.78, 5) is 0. The second kappa shape index (κ2) is 15.6. The molecule has 1 fully saturated rings. The highest BCUT2D eigenvalue weighted by Crippen LogP contribution is 2.19. The lowest BCUT2D eigenvalue weighted by Crippen LogP contribution is -2.55. The Morgan fingerprint density at radius 2 is 1.54 bits per heavy atom. The average molecular weight is 373 g/mol. The molecule has 0 saturated carbocycles. The smallest absolute Gasteiger partial charge is 0.114 e. The minimum Gasteiger partial charge on any atom is -0.394 e. The zero-order chi connectivity index (χ0) is 19.0. The van der Waals surface area contributed by atoms with Gasteiger partial charge in [-0.3, -0.25) is 0 Å². The van der Waals surface area contributed by atoms with Crippen LogP contribution in [0.15, 0.2) is 12.2 Å². The fourth-order valence-electron chi connectivity index (χ4n) is 3.25. The van der Waals surface area contributed by atoms with Gasteiger partial charge in [0, 0.05) is 6.61 Å². The van der Waals surface area contributed by atoms with E-state index in [1.54, 1.807) is 0 Å². The summed E-state index contributed by atoms with van der Waals surface area (Å²) < 4.78 is 10.8. The molecule has 4 atom stereocenters. The number of ether oxygens (including phenoxy) is 2. The van der Waals surface area contributed by atoms with Gasteiger partial charge in [-0.15, -0.1) is 0 Å². The summed E-state index contributed by atoms with van der Waals surface area (Å²) in [6.07, 6.45) is 14.9. The molecule has 1 rings (SSSR count). The Balaban J connectivity index is 1.92. The number of allylic oxidation sites excluding steroid dienone is 2. The molecule has 0 radical (unpaired) electrons. The van der Waals surface area contributed by atoms with Crippen LogP contribution in [0.3, 0.4) is 0 Å². The monoisotopic (exact) mass is 372 g/mol. The first-order chi connectivity index (χ1) is 12.7. The zero-order valence-corrected chi connectivity index (χ0v) is 16.5. The zero-order valence-electron chi connectivity index (χ0n) is 16.5. The minimum absolute atomic E-state index is 0.0980. The number of aliphatic hydroxyl groups is 3. The van der Waals surface area contributed by atoms with Crippen LogP contribution in [-0.2, 0) is 9.47 Å². The summed E-state index contributed by atoms with van der Waals surface area (Å²) in [5, 5.41) is 29.0. The number of unbranched alkanes of at least 4 members (excludes halogenated alkanes) is 9. The molecule has 0 aromatic heterocycles. The summed E-state index contributed by atoms with van der Waals surface area (Å²) in [6.45, 7) is 2.59. The molecular weight excluding hydrogens is 332 g/mol. The first-order valence-corrected chi connectivity index (χ1v) is 10.6. The van der Waals surface area contributed by atoms with Crippen molar-refractivity contribution in [1.29, 1.82) is 0 Å². The van der Waals surface area contributed by atoms with E-state index in [2.05, 4.69) is 19.1 Å². The molecule has 1 heterocycles. The Kier molecular flexibility index (Phi) is 14.1. The van der Waals surface area contributed by atoms with Gasteiger partial charge in [-0.1, -0.05) is 64.0 Å². The SMILES string of the molecule is CCCC/C=C/CCCCCCCCCO[C@@H]1[C@@H](O)[C@H](CO)OC[C@H]1O. The lowest BCUT2D eigenvalue weighted by Gasteiger charge is -2.37. The van der Waals surface area contributed by atoms with E-state index in [1.165, 1.54) is 57.8 Å². The number of hydrogen-bond donors (Lipinski definition) is 3. The van der Waals surface area contributed by atoms with Gasteiger partial charge in [0.25, 0.3) is 0 Å². The van der Waals surface area contributed by atoms with Gasteiger partial charge >= 0.3 is 0 Å². The van der Waals surface area contributed by atoms with Crippen LogP contribution in [0, 0.1) is 0 Å². The second-order valence-electron chi connectivity index (χ2n) is 7.32. The van der Waals surface area contributed by atoms with Gasteiger partial charge < -0.3 is 24.8 Å². The van der Waals surface area contributed by atoms with Crippen LogP contribution >= 0.6 is 0 Å². The van der Waals surface area contributed by atoms with Crippen molar-refractivity contribution in [3.8, 4) is 0 Å². The maximum Gasteiger partial charge on any atom is 0.114 e. The largest absolute Gasteiger partial charge is 0.394 e. The van der Waals surface area contributed by atoms with Crippen molar-refractivity contribution in [3.05, 3.63) is 12.2 Å². The van der Waals surface area contributed by atoms with Crippen molar-refractivity contribution < 1.29 is 24.8 Å². The standard InChI is InChI=1S/C21H40O5/c1-2-3-4-5-6-7-8-9-10-11-12-13-14-15-25-21-18(23)17-26-19(16-22)20(21)24/h5-6,18-24H,2-4,7-17H2,1H3/b6-5+/t18-,19+,20+,21+/m1/s1. The molecule has 0 amide bonds. The summed E-state index contributed by atoms with van der Waals surface area (Å²) >= 11 is 0. The molecule has 3 N–H and O–H groups in total. The van der Waals surface area contributed by atoms with Crippen molar-refractivity contribution in [3.63, 3.8) is 0 Å². The van der Waals surface area contributed by atoms with Gasteiger partial charge in [0.05, 0.1) is 13.2 Å². The quantitative estimate of drug-likeness (QED) is 0.303. The van der Waals surface area contributed by atoms with Crippen LogP contribution in [-0.4, -0.2) is 59.6 Å². The molecule has 26 heavy (non-hydrogen) atoms. The van der Waals surface area contributed by atoms with Crippen molar-refractivity contribution in [2.24, 2.45) is 0 Å². The van der Waals surface area contributed by atoms with E-state index in [0.29, 0.717) is 6.61 Å². The highest BCUT2D eigenvalue weighted by molar-refractivity contribution is 4.87. The highest BCUT2D eigenvalue weighted by atomic mass is 16.6. The molecule has 0 spiro atoms. The van der Waals surface area contributed by atoms with Gasteiger partial charge in [-0.25, -0.2) is 0 Å². The van der Waals surface area contributed by atoms with Gasteiger partial charge in [-0.05, 0) is 25.7 Å². The van der Waals surface area contributed by atoms with E-state index in [0.717, 1.165) is 12.8 Å². The molecule has 154 valence electrons. The highest BCUT2D eigenvalue weighted by Gasteiger charge is 2.38. The maximum absolute atomic E-state index is 10.0. The van der Waals surface area contributed by atoms with E-state index in [9.17, 15) is 10.2 Å². The Morgan fingerprint density at radius 3 is 2.19 bits per heavy atom. The summed E-state index contributed by atoms with van der Waals surface area (Å²) in [6, 6.07) is 0. The summed E-state index contributed by atoms with van der Waals surface area (Å²) in [7, 11) is 0. The van der Waals surface area contributed by atoms with Gasteiger partial charge in [0.15, 0.2) is 0 Å². The Hall–Kier alpha value is -0.460. The molecule has 1 aliphatic heterocycles. The molecule has 0 aromatic carbocycles. The fraction of sp³-hybridized carbons (Fsp3) is 0.905. The van der Waals surface area contributed by atoms with E-state index >= 15 is 0 Å². The lowest BCUT2D eigenvalue weighted by molar-refractivity contribution is -0.210. The van der Waals surface area contributed by atoms with Crippen LogP contribution in [0.5, 0.6) is 0 Å². The average Bonchev–Trinajstić information content (AvgIpc) is 2.64. The second-order valence-corrected chi connectivity index (χ2v) is 7.32. The maximum atomic E-state index is 10.0. The number of aliphatic hydroxyl groups excluding tert-OH is 3. The van der Waals surface area contributed by atoms with Crippen LogP contribution in [0.4, 0.5) is 0 Å². The van der Waals surface area contributed by atoms with Crippen LogP contribution in [0.25, 0.3) is 0 Å². The molecule has 1 aliphatic rings. The van der Waals surface area contributed by atoms with E-state index in [4.69, 9.17) is 14.6 Å². The third-order valence-electron chi connectivity index (χ3n) is 4.97. The van der Waals surface area contributed by atoms with Crippen molar-refractivity contribution in [2.45, 2.75) is 102 Å². The van der Waals surface area contributed by atoms with Crippen LogP contribution in [0.2, 0.25) is 0 Å². The third kappa shape index (κ3) is 10.0. The first kappa shape index (κ1) is 23.6. The molecule has 5 nitrogen and oxygen atoms in total. The van der Waals surface area contributed by atoms with Gasteiger partial charge in [-0.2, -0.15) is 0 Å². The Morgan fingerprint density at radius 1 is 0.923 bits per heavy atom. The molecule has 0 unspecified atom stereocenters.